The first-order chi connectivity index (χ1) is 14.8. The number of hydrogen-bond acceptors (Lipinski definition) is 4. The van der Waals surface area contributed by atoms with Crippen molar-refractivity contribution in [1.29, 1.82) is 0 Å². The largest absolute Gasteiger partial charge is 0.352 e. The molecule has 0 radical (unpaired) electrons. The van der Waals surface area contributed by atoms with E-state index in [-0.39, 0.29) is 23.1 Å². The van der Waals surface area contributed by atoms with Crippen LogP contribution in [-0.2, 0) is 6.54 Å². The highest BCUT2D eigenvalue weighted by molar-refractivity contribution is 5.99. The van der Waals surface area contributed by atoms with Gasteiger partial charge in [0.2, 0.25) is 5.43 Å². The van der Waals surface area contributed by atoms with Crippen LogP contribution in [0.3, 0.4) is 0 Å². The highest BCUT2D eigenvalue weighted by Crippen LogP contribution is 2.25. The summed E-state index contributed by atoms with van der Waals surface area (Å²) in [5, 5.41) is 5.75. The molecular formula is C24H38N4O3. The summed E-state index contributed by atoms with van der Waals surface area (Å²) in [6.07, 6.45) is 11.5. The number of pyridine rings is 1. The predicted molar refractivity (Wildman–Crippen MR) is 122 cm³/mol. The van der Waals surface area contributed by atoms with Crippen LogP contribution >= 0.6 is 0 Å². The Bertz CT molecular complexity index is 827. The molecule has 3 rings (SSSR count). The van der Waals surface area contributed by atoms with Gasteiger partial charge in [-0.1, -0.05) is 19.3 Å². The van der Waals surface area contributed by atoms with E-state index in [1.165, 1.54) is 19.3 Å². The number of nitrogens with one attached hydrogen (secondary N) is 2. The van der Waals surface area contributed by atoms with Gasteiger partial charge in [-0.25, -0.2) is 0 Å². The molecule has 1 aromatic heterocycles. The lowest BCUT2D eigenvalue weighted by atomic mass is 9.89. The minimum Gasteiger partial charge on any atom is -0.352 e. The molecule has 1 aromatic rings. The van der Waals surface area contributed by atoms with Crippen LogP contribution < -0.4 is 16.1 Å². The van der Waals surface area contributed by atoms with Crippen LogP contribution in [0.2, 0.25) is 0 Å². The lowest BCUT2D eigenvalue weighted by molar-refractivity contribution is 0.0934. The monoisotopic (exact) mass is 430 g/mol. The van der Waals surface area contributed by atoms with E-state index in [4.69, 9.17) is 0 Å². The Morgan fingerprint density at radius 1 is 1.00 bits per heavy atom. The summed E-state index contributed by atoms with van der Waals surface area (Å²) in [6.45, 7) is 7.03. The molecular weight excluding hydrogens is 392 g/mol. The zero-order valence-electron chi connectivity index (χ0n) is 19.3. The molecule has 0 spiro atoms. The predicted octanol–water partition coefficient (Wildman–Crippen LogP) is 2.64. The molecule has 1 saturated carbocycles. The van der Waals surface area contributed by atoms with Gasteiger partial charge in [-0.15, -0.1) is 0 Å². The van der Waals surface area contributed by atoms with Gasteiger partial charge in [-0.3, -0.25) is 14.4 Å². The van der Waals surface area contributed by atoms with Crippen molar-refractivity contribution in [2.45, 2.75) is 71.4 Å². The van der Waals surface area contributed by atoms with Crippen molar-refractivity contribution in [1.82, 2.24) is 20.1 Å². The van der Waals surface area contributed by atoms with Crippen molar-refractivity contribution in [3.05, 3.63) is 33.7 Å². The van der Waals surface area contributed by atoms with Gasteiger partial charge < -0.3 is 20.1 Å². The summed E-state index contributed by atoms with van der Waals surface area (Å²) in [5.74, 6) is 0.112. The molecule has 1 aliphatic heterocycles. The second-order valence-corrected chi connectivity index (χ2v) is 9.72. The number of aromatic nitrogens is 1. The lowest BCUT2D eigenvalue weighted by Gasteiger charge is -2.29. The maximum atomic E-state index is 13.0. The fourth-order valence-electron chi connectivity index (χ4n) is 4.84. The number of amides is 2. The van der Waals surface area contributed by atoms with Crippen molar-refractivity contribution >= 4 is 11.8 Å². The van der Waals surface area contributed by atoms with Crippen molar-refractivity contribution in [3.63, 3.8) is 0 Å². The third-order valence-corrected chi connectivity index (χ3v) is 6.46. The molecule has 2 fully saturated rings. The Hall–Kier alpha value is -2.15. The average molecular weight is 431 g/mol. The number of piperidine rings is 1. The van der Waals surface area contributed by atoms with E-state index in [1.54, 1.807) is 12.4 Å². The standard InChI is InChI=1S/C24H38N4O3/c1-17(2)26-24(31)21-16-28(14-18-8-5-4-6-9-18)15-20(22(21)29)23(30)25-12-19-10-7-11-27(3)13-19/h15-19H,4-14H2,1-3H3,(H,25,30)(H,26,31). The Kier molecular flexibility index (Phi) is 8.29. The molecule has 172 valence electrons. The normalized spacial score (nSPS) is 20.6. The molecule has 7 nitrogen and oxygen atoms in total. The molecule has 2 N–H and O–H groups in total. The number of carbonyl (C=O) groups is 2. The average Bonchev–Trinajstić information content (AvgIpc) is 2.73. The van der Waals surface area contributed by atoms with Gasteiger partial charge >= 0.3 is 0 Å². The van der Waals surface area contributed by atoms with E-state index in [1.807, 2.05) is 18.4 Å². The molecule has 1 saturated heterocycles. The second-order valence-electron chi connectivity index (χ2n) is 9.72. The number of carbonyl (C=O) groups excluding carboxylic acids is 2. The van der Waals surface area contributed by atoms with Crippen molar-refractivity contribution < 1.29 is 9.59 Å². The number of rotatable bonds is 7. The summed E-state index contributed by atoms with van der Waals surface area (Å²) < 4.78 is 1.88. The van der Waals surface area contributed by atoms with Crippen molar-refractivity contribution in [3.8, 4) is 0 Å². The van der Waals surface area contributed by atoms with Gasteiger partial charge in [0.15, 0.2) is 0 Å². The van der Waals surface area contributed by atoms with Crippen LogP contribution in [-0.4, -0.2) is 54.0 Å². The molecule has 2 aliphatic rings. The summed E-state index contributed by atoms with van der Waals surface area (Å²) in [5.41, 5.74) is -0.373. The minimum atomic E-state index is -0.490. The molecule has 1 unspecified atom stereocenters. The van der Waals surface area contributed by atoms with Gasteiger partial charge in [0.1, 0.15) is 11.1 Å². The first kappa shape index (κ1) is 23.5. The molecule has 31 heavy (non-hydrogen) atoms. The quantitative estimate of drug-likeness (QED) is 0.697. The van der Waals surface area contributed by atoms with E-state index < -0.39 is 11.3 Å². The van der Waals surface area contributed by atoms with E-state index in [2.05, 4.69) is 22.6 Å². The lowest BCUT2D eigenvalue weighted by Crippen LogP contribution is -2.41. The maximum absolute atomic E-state index is 13.0. The molecule has 2 amide bonds. The van der Waals surface area contributed by atoms with E-state index >= 15 is 0 Å². The molecule has 1 aliphatic carbocycles. The number of likely N-dealkylation sites (tertiary alicyclic amines) is 1. The molecule has 7 heteroatoms. The van der Waals surface area contributed by atoms with Crippen LogP contribution in [0.25, 0.3) is 0 Å². The molecule has 2 heterocycles. The fraction of sp³-hybridized carbons (Fsp3) is 0.708. The summed E-state index contributed by atoms with van der Waals surface area (Å²) in [4.78, 5) is 40.9. The van der Waals surface area contributed by atoms with Crippen LogP contribution in [0.4, 0.5) is 0 Å². The van der Waals surface area contributed by atoms with Crippen molar-refractivity contribution in [2.75, 3.05) is 26.7 Å². The maximum Gasteiger partial charge on any atom is 0.256 e. The zero-order valence-corrected chi connectivity index (χ0v) is 19.3. The molecule has 0 aromatic carbocycles. The van der Waals surface area contributed by atoms with Crippen LogP contribution in [0.5, 0.6) is 0 Å². The third kappa shape index (κ3) is 6.66. The summed E-state index contributed by atoms with van der Waals surface area (Å²) in [7, 11) is 2.09. The van der Waals surface area contributed by atoms with E-state index in [0.29, 0.717) is 18.4 Å². The van der Waals surface area contributed by atoms with Crippen LogP contribution in [0.15, 0.2) is 17.2 Å². The van der Waals surface area contributed by atoms with Crippen LogP contribution in [0, 0.1) is 11.8 Å². The Morgan fingerprint density at radius 2 is 1.65 bits per heavy atom. The minimum absolute atomic E-state index is 0.0505. The Labute approximate surface area is 185 Å². The second kappa shape index (κ2) is 10.9. The highest BCUT2D eigenvalue weighted by atomic mass is 16.2. The van der Waals surface area contributed by atoms with E-state index in [9.17, 15) is 14.4 Å². The summed E-state index contributed by atoms with van der Waals surface area (Å²) >= 11 is 0. The Morgan fingerprint density at radius 3 is 2.29 bits per heavy atom. The highest BCUT2D eigenvalue weighted by Gasteiger charge is 2.23. The van der Waals surface area contributed by atoms with Crippen LogP contribution in [0.1, 0.15) is 79.5 Å². The smallest absolute Gasteiger partial charge is 0.256 e. The summed E-state index contributed by atoms with van der Waals surface area (Å²) in [6, 6.07) is -0.0838. The number of nitrogens with zero attached hydrogens (tertiary/aromatic N) is 2. The number of hydrogen-bond donors (Lipinski definition) is 2. The first-order valence-electron chi connectivity index (χ1n) is 11.8. The first-order valence-corrected chi connectivity index (χ1v) is 11.8. The topological polar surface area (TPSA) is 83.4 Å². The molecule has 0 bridgehead atoms. The van der Waals surface area contributed by atoms with Gasteiger partial charge in [-0.05, 0) is 65.0 Å². The van der Waals surface area contributed by atoms with E-state index in [0.717, 1.165) is 45.3 Å². The zero-order chi connectivity index (χ0) is 22.4. The third-order valence-electron chi connectivity index (χ3n) is 6.46. The fourth-order valence-corrected chi connectivity index (χ4v) is 4.84. The van der Waals surface area contributed by atoms with Crippen molar-refractivity contribution in [2.24, 2.45) is 11.8 Å². The SMILES string of the molecule is CC(C)NC(=O)c1cn(CC2CCCCC2)cc(C(=O)NCC2CCCN(C)C2)c1=O. The van der Waals surface area contributed by atoms with Gasteiger partial charge in [0.05, 0.1) is 0 Å². The van der Waals surface area contributed by atoms with Gasteiger partial charge in [-0.2, -0.15) is 0 Å². The Balaban J connectivity index is 1.80. The van der Waals surface area contributed by atoms with Gasteiger partial charge in [0.25, 0.3) is 11.8 Å². The van der Waals surface area contributed by atoms with Gasteiger partial charge in [0, 0.05) is 38.1 Å². The molecule has 1 atom stereocenters.